The third-order valence-electron chi connectivity index (χ3n) is 2.45. The van der Waals surface area contributed by atoms with Crippen molar-refractivity contribution in [1.29, 1.82) is 0 Å². The second-order valence-electron chi connectivity index (χ2n) is 4.03. The Kier molecular flexibility index (Phi) is 5.97. The van der Waals surface area contributed by atoms with E-state index in [2.05, 4.69) is 5.32 Å². The molecule has 0 aliphatic carbocycles. The van der Waals surface area contributed by atoms with Crippen LogP contribution in [0.4, 0.5) is 0 Å². The molecule has 0 amide bonds. The quantitative estimate of drug-likeness (QED) is 0.412. The first-order chi connectivity index (χ1) is 8.51. The van der Waals surface area contributed by atoms with Gasteiger partial charge in [0.25, 0.3) is 10.1 Å². The molecule has 0 heterocycles. The summed E-state index contributed by atoms with van der Waals surface area (Å²) in [5.41, 5.74) is 1.04. The fourth-order valence-corrected chi connectivity index (χ4v) is 2.09. The Hall–Kier alpha value is -1.24. The Morgan fingerprint density at radius 3 is 2.50 bits per heavy atom. The number of carbonyl (C=O) groups is 1. The van der Waals surface area contributed by atoms with Crippen molar-refractivity contribution in [3.63, 3.8) is 0 Å². The summed E-state index contributed by atoms with van der Waals surface area (Å²) in [5.74, 6) is -0.295. The van der Waals surface area contributed by atoms with Crippen LogP contribution in [0.25, 0.3) is 0 Å². The Morgan fingerprint density at radius 1 is 1.28 bits per heavy atom. The molecule has 6 heteroatoms. The van der Waals surface area contributed by atoms with Crippen LogP contribution in [0.2, 0.25) is 0 Å². The molecule has 0 saturated heterocycles. The molecule has 100 valence electrons. The zero-order valence-electron chi connectivity index (χ0n) is 9.95. The van der Waals surface area contributed by atoms with Gasteiger partial charge in [0.2, 0.25) is 0 Å². The Bertz CT molecular complexity index is 458. The lowest BCUT2D eigenvalue weighted by Crippen LogP contribution is -2.34. The van der Waals surface area contributed by atoms with Crippen LogP contribution in [0.1, 0.15) is 12.0 Å². The van der Waals surface area contributed by atoms with Crippen molar-refractivity contribution in [2.75, 3.05) is 12.3 Å². The summed E-state index contributed by atoms with van der Waals surface area (Å²) in [4.78, 5) is 10.9. The van der Waals surface area contributed by atoms with Crippen molar-refractivity contribution in [2.45, 2.75) is 18.9 Å². The highest BCUT2D eigenvalue weighted by Gasteiger charge is 2.08. The van der Waals surface area contributed by atoms with Gasteiger partial charge in [-0.25, -0.2) is 0 Å². The highest BCUT2D eigenvalue weighted by Crippen LogP contribution is 2.02. The minimum Gasteiger partial charge on any atom is -0.307 e. The number of hydrogen-bond acceptors (Lipinski definition) is 4. The van der Waals surface area contributed by atoms with Gasteiger partial charge in [-0.3, -0.25) is 4.55 Å². The topological polar surface area (TPSA) is 83.5 Å². The van der Waals surface area contributed by atoms with Gasteiger partial charge in [-0.2, -0.15) is 8.42 Å². The van der Waals surface area contributed by atoms with Gasteiger partial charge in [-0.15, -0.1) is 0 Å². The molecule has 0 saturated carbocycles. The van der Waals surface area contributed by atoms with Gasteiger partial charge in [0.15, 0.2) is 0 Å². The lowest BCUT2D eigenvalue weighted by Gasteiger charge is -2.12. The van der Waals surface area contributed by atoms with E-state index in [-0.39, 0.29) is 18.2 Å². The van der Waals surface area contributed by atoms with Crippen molar-refractivity contribution in [3.8, 4) is 0 Å². The minimum absolute atomic E-state index is 0.276. The van der Waals surface area contributed by atoms with E-state index in [9.17, 15) is 13.2 Å². The van der Waals surface area contributed by atoms with E-state index in [0.29, 0.717) is 13.0 Å². The van der Waals surface area contributed by atoms with Gasteiger partial charge < -0.3 is 10.1 Å². The molecular weight excluding hydrogens is 254 g/mol. The molecule has 0 radical (unpaired) electrons. The Morgan fingerprint density at radius 2 is 1.94 bits per heavy atom. The zero-order chi connectivity index (χ0) is 13.4. The number of aldehydes is 1. The first-order valence-corrected chi connectivity index (χ1v) is 7.30. The fraction of sp³-hybridized carbons (Fsp3) is 0.417. The average Bonchev–Trinajstić information content (AvgIpc) is 2.33. The van der Waals surface area contributed by atoms with Crippen molar-refractivity contribution in [3.05, 3.63) is 35.9 Å². The molecule has 2 N–H and O–H groups in total. The van der Waals surface area contributed by atoms with Gasteiger partial charge in [0.1, 0.15) is 6.29 Å². The molecule has 1 rings (SSSR count). The van der Waals surface area contributed by atoms with Gasteiger partial charge in [0, 0.05) is 0 Å². The van der Waals surface area contributed by atoms with E-state index in [1.165, 1.54) is 0 Å². The molecule has 0 aliphatic rings. The Balaban J connectivity index is 2.32. The first-order valence-electron chi connectivity index (χ1n) is 5.69. The van der Waals surface area contributed by atoms with Crippen LogP contribution in [0.5, 0.6) is 0 Å². The maximum absolute atomic E-state index is 10.9. The second-order valence-corrected chi connectivity index (χ2v) is 5.60. The van der Waals surface area contributed by atoms with Crippen LogP contribution in [0, 0.1) is 0 Å². The van der Waals surface area contributed by atoms with Crippen LogP contribution < -0.4 is 5.32 Å². The molecule has 0 bridgehead atoms. The number of nitrogens with one attached hydrogen (secondary N) is 1. The maximum Gasteiger partial charge on any atom is 0.264 e. The number of hydrogen-bond donors (Lipinski definition) is 2. The summed E-state index contributed by atoms with van der Waals surface area (Å²) >= 11 is 0. The zero-order valence-corrected chi connectivity index (χ0v) is 10.8. The third kappa shape index (κ3) is 6.48. The smallest absolute Gasteiger partial charge is 0.264 e. The lowest BCUT2D eigenvalue weighted by molar-refractivity contribution is -0.109. The number of rotatable bonds is 8. The summed E-state index contributed by atoms with van der Waals surface area (Å²) in [6.07, 6.45) is 1.65. The average molecular weight is 271 g/mol. The summed E-state index contributed by atoms with van der Waals surface area (Å²) in [6, 6.07) is 9.21. The monoisotopic (exact) mass is 271 g/mol. The molecule has 18 heavy (non-hydrogen) atoms. The van der Waals surface area contributed by atoms with Crippen LogP contribution in [0.3, 0.4) is 0 Å². The lowest BCUT2D eigenvalue weighted by atomic mass is 10.1. The standard InChI is InChI=1S/C12H17NO4S/c14-10-12(9-11-5-2-1-3-6-11)13-7-4-8-18(15,16)17/h1-3,5-6,10,12-13H,4,7-9H2,(H,15,16,17)/t12-/m1/s1. The maximum atomic E-state index is 10.9. The molecule has 0 aromatic heterocycles. The summed E-state index contributed by atoms with van der Waals surface area (Å²) < 4.78 is 29.5. The van der Waals surface area contributed by atoms with Gasteiger partial charge in [-0.1, -0.05) is 30.3 Å². The second kappa shape index (κ2) is 7.25. The van der Waals surface area contributed by atoms with Crippen molar-refractivity contribution in [1.82, 2.24) is 5.32 Å². The molecule has 5 nitrogen and oxygen atoms in total. The van der Waals surface area contributed by atoms with Crippen LogP contribution in [0.15, 0.2) is 30.3 Å². The summed E-state index contributed by atoms with van der Waals surface area (Å²) in [6.45, 7) is 0.371. The van der Waals surface area contributed by atoms with E-state index in [1.807, 2.05) is 30.3 Å². The SMILES string of the molecule is O=C[C@@H](Cc1ccccc1)NCCCS(=O)(=O)O. The van der Waals surface area contributed by atoms with E-state index in [0.717, 1.165) is 11.8 Å². The first kappa shape index (κ1) is 14.8. The largest absolute Gasteiger partial charge is 0.307 e. The van der Waals surface area contributed by atoms with Crippen LogP contribution >= 0.6 is 0 Å². The van der Waals surface area contributed by atoms with E-state index in [4.69, 9.17) is 4.55 Å². The summed E-state index contributed by atoms with van der Waals surface area (Å²) in [5, 5.41) is 2.95. The predicted molar refractivity (Wildman–Crippen MR) is 69.0 cm³/mol. The highest BCUT2D eigenvalue weighted by molar-refractivity contribution is 7.85. The van der Waals surface area contributed by atoms with Crippen molar-refractivity contribution in [2.24, 2.45) is 0 Å². The van der Waals surface area contributed by atoms with Gasteiger partial charge >= 0.3 is 0 Å². The van der Waals surface area contributed by atoms with E-state index in [1.54, 1.807) is 0 Å². The molecule has 1 atom stereocenters. The predicted octanol–water partition coefficient (Wildman–Crippen LogP) is 0.664. The fourth-order valence-electron chi connectivity index (χ4n) is 1.58. The van der Waals surface area contributed by atoms with Crippen molar-refractivity contribution < 1.29 is 17.8 Å². The van der Waals surface area contributed by atoms with E-state index >= 15 is 0 Å². The number of carbonyl (C=O) groups excluding carboxylic acids is 1. The normalized spacial score (nSPS) is 13.2. The molecular formula is C12H17NO4S. The molecule has 1 aromatic rings. The molecule has 0 fully saturated rings. The van der Waals surface area contributed by atoms with Crippen LogP contribution in [-0.2, 0) is 21.3 Å². The van der Waals surface area contributed by atoms with Gasteiger partial charge in [-0.05, 0) is 24.9 Å². The van der Waals surface area contributed by atoms with Crippen molar-refractivity contribution >= 4 is 16.4 Å². The third-order valence-corrected chi connectivity index (χ3v) is 3.25. The summed E-state index contributed by atoms with van der Waals surface area (Å²) in [7, 11) is -3.92. The van der Waals surface area contributed by atoms with E-state index < -0.39 is 10.1 Å². The minimum atomic E-state index is -3.92. The highest BCUT2D eigenvalue weighted by atomic mass is 32.2. The molecule has 1 aromatic carbocycles. The molecule has 0 unspecified atom stereocenters. The van der Waals surface area contributed by atoms with Gasteiger partial charge in [0.05, 0.1) is 11.8 Å². The number of benzene rings is 1. The molecule has 0 spiro atoms. The Labute approximate surface area is 107 Å². The van der Waals surface area contributed by atoms with Crippen LogP contribution in [-0.4, -0.2) is 37.6 Å². The molecule has 0 aliphatic heterocycles.